The highest BCUT2D eigenvalue weighted by Crippen LogP contribution is 2.57. The van der Waals surface area contributed by atoms with E-state index in [-0.39, 0.29) is 11.3 Å². The van der Waals surface area contributed by atoms with Gasteiger partial charge in [-0.2, -0.15) is 9.29 Å². The number of nitrogens with zero attached hydrogens (tertiary/aromatic N) is 4. The first-order chi connectivity index (χ1) is 18.7. The predicted molar refractivity (Wildman–Crippen MR) is 147 cm³/mol. The van der Waals surface area contributed by atoms with Crippen molar-refractivity contribution in [3.8, 4) is 17.2 Å². The molecule has 1 aromatic heterocycles. The van der Waals surface area contributed by atoms with Crippen molar-refractivity contribution in [1.29, 1.82) is 0 Å². The number of sulfonamides is 1. The van der Waals surface area contributed by atoms with Crippen molar-refractivity contribution in [2.45, 2.75) is 36.3 Å². The highest BCUT2D eigenvalue weighted by Gasteiger charge is 2.52. The minimum atomic E-state index is -3.24. The molecule has 0 unspecified atom stereocenters. The molecule has 0 bridgehead atoms. The highest BCUT2D eigenvalue weighted by atomic mass is 35.5. The minimum absolute atomic E-state index is 0.253. The Labute approximate surface area is 236 Å². The molecule has 3 aromatic rings. The number of carbonyl (C=O) groups is 1. The van der Waals surface area contributed by atoms with E-state index >= 15 is 0 Å². The monoisotopic (exact) mass is 591 g/mol. The molecular weight excluding hydrogens is 565 g/mol. The molecule has 2 heterocycles. The molecule has 0 spiro atoms. The van der Waals surface area contributed by atoms with Gasteiger partial charge in [-0.3, -0.25) is 0 Å². The van der Waals surface area contributed by atoms with Gasteiger partial charge in [-0.05, 0) is 62.1 Å². The van der Waals surface area contributed by atoms with Gasteiger partial charge >= 0.3 is 6.03 Å². The molecule has 3 fully saturated rings. The van der Waals surface area contributed by atoms with Crippen LogP contribution in [0.1, 0.15) is 37.1 Å². The molecule has 2 aromatic carbocycles. The Balaban J connectivity index is 1.15. The molecule has 0 radical (unpaired) electrons. The molecule has 3 aliphatic rings. The van der Waals surface area contributed by atoms with Crippen molar-refractivity contribution in [3.63, 3.8) is 0 Å². The molecule has 13 heteroatoms. The number of halogens is 2. The van der Waals surface area contributed by atoms with E-state index in [2.05, 4.69) is 15.5 Å². The Morgan fingerprint density at radius 1 is 1.08 bits per heavy atom. The van der Waals surface area contributed by atoms with Gasteiger partial charge in [0.2, 0.25) is 10.0 Å². The van der Waals surface area contributed by atoms with Crippen LogP contribution in [0.4, 0.5) is 10.5 Å². The lowest BCUT2D eigenvalue weighted by molar-refractivity contribution is 0.184. The van der Waals surface area contributed by atoms with Crippen molar-refractivity contribution in [2.75, 3.05) is 38.6 Å². The molecule has 39 heavy (non-hydrogen) atoms. The number of rotatable bonds is 7. The predicted octanol–water partition coefficient (Wildman–Crippen LogP) is 4.77. The van der Waals surface area contributed by atoms with Crippen LogP contribution in [0.2, 0.25) is 10.0 Å². The number of anilines is 1. The summed E-state index contributed by atoms with van der Waals surface area (Å²) in [4.78, 5) is 19.1. The first-order valence-electron chi connectivity index (χ1n) is 12.7. The van der Waals surface area contributed by atoms with Crippen molar-refractivity contribution in [1.82, 2.24) is 19.3 Å². The maximum Gasteiger partial charge on any atom is 0.321 e. The van der Waals surface area contributed by atoms with E-state index in [4.69, 9.17) is 32.5 Å². The van der Waals surface area contributed by atoms with Crippen LogP contribution in [-0.4, -0.2) is 72.3 Å². The number of amides is 2. The lowest BCUT2D eigenvalue weighted by atomic mass is 9.94. The van der Waals surface area contributed by atoms with Crippen molar-refractivity contribution >= 4 is 44.9 Å². The molecular formula is C26H27Cl2N5O5S. The van der Waals surface area contributed by atoms with Crippen molar-refractivity contribution in [3.05, 3.63) is 57.8 Å². The number of urea groups is 1. The van der Waals surface area contributed by atoms with E-state index in [1.807, 2.05) is 24.3 Å². The normalized spacial score (nSPS) is 19.1. The van der Waals surface area contributed by atoms with Gasteiger partial charge in [0.05, 0.1) is 17.8 Å². The summed E-state index contributed by atoms with van der Waals surface area (Å²) in [5.74, 6) is 1.62. The van der Waals surface area contributed by atoms with Gasteiger partial charge in [-0.1, -0.05) is 28.4 Å². The molecule has 2 saturated carbocycles. The lowest BCUT2D eigenvalue weighted by Crippen LogP contribution is -2.52. The number of benzene rings is 2. The van der Waals surface area contributed by atoms with E-state index in [9.17, 15) is 13.2 Å². The quantitative estimate of drug-likeness (QED) is 0.420. The average molecular weight is 593 g/mol. The van der Waals surface area contributed by atoms with Crippen LogP contribution in [0.15, 0.2) is 40.9 Å². The molecule has 2 aliphatic carbocycles. The number of methoxy groups -OCH3 is 1. The summed E-state index contributed by atoms with van der Waals surface area (Å²) < 4.78 is 37.2. The van der Waals surface area contributed by atoms with E-state index in [1.54, 1.807) is 24.1 Å². The molecule has 0 atom stereocenters. The number of carbonyl (C=O) groups excluding carboxylic acids is 1. The fraction of sp³-hybridized carbons (Fsp3) is 0.423. The number of nitrogens with one attached hydrogen (secondary N) is 1. The van der Waals surface area contributed by atoms with Crippen molar-refractivity contribution < 1.29 is 22.5 Å². The van der Waals surface area contributed by atoms with Crippen molar-refractivity contribution in [2.24, 2.45) is 0 Å². The largest absolute Gasteiger partial charge is 0.497 e. The topological polar surface area (TPSA) is 118 Å². The van der Waals surface area contributed by atoms with Crippen LogP contribution in [0.3, 0.4) is 0 Å². The van der Waals surface area contributed by atoms with Gasteiger partial charge in [0.25, 0.3) is 5.89 Å². The SMILES string of the molecule is COc1ccc(-c2nc(C3(c4c(Cl)cc(NC(=O)N5CCN(S(=O)(=O)C6CC6)CC5)cc4Cl)CC3)no2)cc1. The summed E-state index contributed by atoms with van der Waals surface area (Å²) in [5.41, 5.74) is 1.36. The fourth-order valence-corrected chi connectivity index (χ4v) is 7.68. The molecule has 2 amide bonds. The minimum Gasteiger partial charge on any atom is -0.497 e. The maximum atomic E-state index is 12.9. The Morgan fingerprint density at radius 2 is 1.72 bits per heavy atom. The van der Waals surface area contributed by atoms with Crippen LogP contribution in [-0.2, 0) is 15.4 Å². The lowest BCUT2D eigenvalue weighted by Gasteiger charge is -2.34. The Kier molecular flexibility index (Phi) is 6.73. The smallest absolute Gasteiger partial charge is 0.321 e. The molecule has 1 saturated heterocycles. The summed E-state index contributed by atoms with van der Waals surface area (Å²) in [6.45, 7) is 1.21. The molecule has 6 rings (SSSR count). The van der Waals surface area contributed by atoms with E-state index in [1.165, 1.54) is 4.31 Å². The third-order valence-corrected chi connectivity index (χ3v) is 10.5. The maximum absolute atomic E-state index is 12.9. The van der Waals surface area contributed by atoms with Gasteiger partial charge in [-0.15, -0.1) is 0 Å². The number of ether oxygens (including phenoxy) is 1. The van der Waals surface area contributed by atoms with Gasteiger partial charge in [0, 0.05) is 53.0 Å². The summed E-state index contributed by atoms with van der Waals surface area (Å²) in [7, 11) is -1.64. The zero-order valence-corrected chi connectivity index (χ0v) is 23.5. The van der Waals surface area contributed by atoms with Gasteiger partial charge in [0.15, 0.2) is 5.82 Å². The molecule has 1 N–H and O–H groups in total. The fourth-order valence-electron chi connectivity index (χ4n) is 5.01. The number of aromatic nitrogens is 2. The van der Waals surface area contributed by atoms with Crippen LogP contribution in [0.5, 0.6) is 5.75 Å². The number of hydrogen-bond donors (Lipinski definition) is 1. The van der Waals surface area contributed by atoms with Gasteiger partial charge in [0.1, 0.15) is 5.75 Å². The Bertz CT molecular complexity index is 1490. The summed E-state index contributed by atoms with van der Waals surface area (Å²) in [6.07, 6.45) is 2.96. The second kappa shape index (κ2) is 9.96. The first-order valence-corrected chi connectivity index (χ1v) is 15.0. The van der Waals surface area contributed by atoms with E-state index in [0.29, 0.717) is 59.2 Å². The summed E-state index contributed by atoms with van der Waals surface area (Å²) in [5, 5.41) is 7.62. The van der Waals surface area contributed by atoms with E-state index < -0.39 is 15.4 Å². The second-order valence-electron chi connectivity index (χ2n) is 10.1. The Morgan fingerprint density at radius 3 is 2.28 bits per heavy atom. The van der Waals surface area contributed by atoms with Gasteiger partial charge in [-0.25, -0.2) is 13.2 Å². The van der Waals surface area contributed by atoms with Crippen LogP contribution in [0, 0.1) is 0 Å². The van der Waals surface area contributed by atoms with Crippen LogP contribution in [0.25, 0.3) is 11.5 Å². The molecule has 1 aliphatic heterocycles. The number of hydrogen-bond acceptors (Lipinski definition) is 7. The van der Waals surface area contributed by atoms with Crippen LogP contribution < -0.4 is 10.1 Å². The Hall–Kier alpha value is -2.86. The third kappa shape index (κ3) is 4.97. The first kappa shape index (κ1) is 26.4. The van der Waals surface area contributed by atoms with E-state index in [0.717, 1.165) is 37.0 Å². The van der Waals surface area contributed by atoms with Crippen LogP contribution >= 0.6 is 23.2 Å². The molecule has 10 nitrogen and oxygen atoms in total. The standard InChI is InChI=1S/C26H27Cl2N5O5S/c1-37-18-4-2-16(3-5-18)23-30-24(31-38-23)26(8-9-26)22-20(27)14-17(15-21(22)28)29-25(34)32-10-12-33(13-11-32)39(35,36)19-6-7-19/h2-5,14-15,19H,6-13H2,1H3,(H,29,34). The molecule has 206 valence electrons. The zero-order chi connectivity index (χ0) is 27.4. The average Bonchev–Trinajstić information content (AvgIpc) is 3.87. The zero-order valence-electron chi connectivity index (χ0n) is 21.2. The summed E-state index contributed by atoms with van der Waals surface area (Å²) >= 11 is 13.4. The summed E-state index contributed by atoms with van der Waals surface area (Å²) in [6, 6.07) is 10.3. The van der Waals surface area contributed by atoms with Gasteiger partial charge < -0.3 is 19.5 Å². The number of piperazine rings is 1. The second-order valence-corrected chi connectivity index (χ2v) is 13.1. The third-order valence-electron chi connectivity index (χ3n) is 7.54. The highest BCUT2D eigenvalue weighted by molar-refractivity contribution is 7.90.